The largest absolute Gasteiger partial charge is 0.493 e. The molecule has 0 saturated carbocycles. The fraction of sp³-hybridized carbons (Fsp3) is 0.538. The van der Waals surface area contributed by atoms with Crippen molar-refractivity contribution < 1.29 is 14.8 Å². The number of hydrogen-bond acceptors (Lipinski definition) is 3. The fourth-order valence-electron chi connectivity index (χ4n) is 1.77. The lowest BCUT2D eigenvalue weighted by Gasteiger charge is -2.15. The fourth-order valence-corrected chi connectivity index (χ4v) is 1.77. The molecule has 4 heteroatoms. The molecule has 1 aromatic carbocycles. The second-order valence-corrected chi connectivity index (χ2v) is 4.39. The lowest BCUT2D eigenvalue weighted by atomic mass is 9.77. The summed E-state index contributed by atoms with van der Waals surface area (Å²) in [7, 11) is -1.41. The first-order valence-electron chi connectivity index (χ1n) is 6.17. The van der Waals surface area contributed by atoms with E-state index in [9.17, 15) is 0 Å². The Labute approximate surface area is 104 Å². The van der Waals surface area contributed by atoms with Crippen molar-refractivity contribution >= 4 is 12.6 Å². The third-order valence-electron chi connectivity index (χ3n) is 3.16. The summed E-state index contributed by atoms with van der Waals surface area (Å²) in [6.45, 7) is 6.88. The van der Waals surface area contributed by atoms with E-state index in [-0.39, 0.29) is 0 Å². The molecule has 0 heterocycles. The van der Waals surface area contributed by atoms with Gasteiger partial charge in [-0.25, -0.2) is 0 Å². The van der Waals surface area contributed by atoms with Crippen LogP contribution in [0.15, 0.2) is 18.2 Å². The summed E-state index contributed by atoms with van der Waals surface area (Å²) < 4.78 is 5.70. The molecule has 0 unspecified atom stereocenters. The number of aryl methyl sites for hydroxylation is 1. The van der Waals surface area contributed by atoms with Gasteiger partial charge in [0.2, 0.25) is 0 Å². The van der Waals surface area contributed by atoms with Crippen molar-refractivity contribution in [1.29, 1.82) is 0 Å². The van der Waals surface area contributed by atoms with Gasteiger partial charge in [-0.15, -0.1) is 0 Å². The first-order valence-corrected chi connectivity index (χ1v) is 6.17. The quantitative estimate of drug-likeness (QED) is 0.735. The van der Waals surface area contributed by atoms with E-state index >= 15 is 0 Å². The van der Waals surface area contributed by atoms with E-state index < -0.39 is 7.12 Å². The normalized spacial score (nSPS) is 10.7. The lowest BCUT2D eigenvalue weighted by molar-refractivity contribution is 0.240. The second-order valence-electron chi connectivity index (χ2n) is 4.39. The molecule has 0 aliphatic rings. The van der Waals surface area contributed by atoms with Crippen LogP contribution in [0.2, 0.25) is 0 Å². The van der Waals surface area contributed by atoms with E-state index in [4.69, 9.17) is 14.8 Å². The highest BCUT2D eigenvalue weighted by Crippen LogP contribution is 2.15. The van der Waals surface area contributed by atoms with Crippen molar-refractivity contribution in [2.75, 3.05) is 6.61 Å². The minimum Gasteiger partial charge on any atom is -0.493 e. The molecule has 2 N–H and O–H groups in total. The topological polar surface area (TPSA) is 49.7 Å². The van der Waals surface area contributed by atoms with Gasteiger partial charge in [-0.3, -0.25) is 0 Å². The lowest BCUT2D eigenvalue weighted by Crippen LogP contribution is -2.31. The first kappa shape index (κ1) is 14.1. The van der Waals surface area contributed by atoms with Gasteiger partial charge in [0, 0.05) is 0 Å². The molecule has 0 aliphatic heterocycles. The van der Waals surface area contributed by atoms with Crippen LogP contribution < -0.4 is 10.2 Å². The van der Waals surface area contributed by atoms with Gasteiger partial charge in [0.25, 0.3) is 0 Å². The number of rotatable bonds is 6. The molecule has 0 spiro atoms. The van der Waals surface area contributed by atoms with E-state index in [1.54, 1.807) is 12.1 Å². The van der Waals surface area contributed by atoms with Crippen LogP contribution in [0.5, 0.6) is 5.75 Å². The van der Waals surface area contributed by atoms with Gasteiger partial charge in [-0.2, -0.15) is 0 Å². The van der Waals surface area contributed by atoms with Gasteiger partial charge < -0.3 is 14.8 Å². The molecule has 1 rings (SSSR count). The van der Waals surface area contributed by atoms with Crippen molar-refractivity contribution in [3.63, 3.8) is 0 Å². The smallest absolute Gasteiger partial charge is 0.488 e. The molecular weight excluding hydrogens is 215 g/mol. The van der Waals surface area contributed by atoms with E-state index in [0.29, 0.717) is 18.0 Å². The predicted molar refractivity (Wildman–Crippen MR) is 70.6 cm³/mol. The molecule has 0 fully saturated rings. The average molecular weight is 236 g/mol. The summed E-state index contributed by atoms with van der Waals surface area (Å²) in [5, 5.41) is 18.2. The zero-order valence-electron chi connectivity index (χ0n) is 10.8. The van der Waals surface area contributed by atoms with Gasteiger partial charge in [0.1, 0.15) is 5.75 Å². The Bertz CT molecular complexity index is 349. The second kappa shape index (κ2) is 6.67. The molecule has 0 radical (unpaired) electrons. The molecule has 0 amide bonds. The highest BCUT2D eigenvalue weighted by atomic mass is 16.5. The average Bonchev–Trinajstić information content (AvgIpc) is 2.30. The van der Waals surface area contributed by atoms with Crippen molar-refractivity contribution in [2.45, 2.75) is 33.6 Å². The summed E-state index contributed by atoms with van der Waals surface area (Å²) in [5.74, 6) is 1.37. The van der Waals surface area contributed by atoms with E-state index in [2.05, 4.69) is 13.8 Å². The van der Waals surface area contributed by atoms with Crippen LogP contribution in [0.1, 0.15) is 32.3 Å². The van der Waals surface area contributed by atoms with Crippen LogP contribution in [0.4, 0.5) is 0 Å². The number of benzene rings is 1. The van der Waals surface area contributed by atoms with Crippen LogP contribution >= 0.6 is 0 Å². The molecule has 0 aromatic heterocycles. The maximum atomic E-state index is 9.10. The van der Waals surface area contributed by atoms with Gasteiger partial charge in [-0.05, 0) is 36.0 Å². The molecule has 0 atom stereocenters. The SMILES string of the molecule is CCC(CC)COc1ccc(B(O)O)c(C)c1. The molecule has 17 heavy (non-hydrogen) atoms. The predicted octanol–water partition coefficient (Wildman–Crippen LogP) is 1.49. The summed E-state index contributed by atoms with van der Waals surface area (Å²) in [5.41, 5.74) is 1.36. The van der Waals surface area contributed by atoms with Crippen molar-refractivity contribution in [3.05, 3.63) is 23.8 Å². The van der Waals surface area contributed by atoms with Gasteiger partial charge in [0.05, 0.1) is 6.61 Å². The van der Waals surface area contributed by atoms with Crippen molar-refractivity contribution in [3.8, 4) is 5.75 Å². The molecule has 0 saturated heterocycles. The number of ether oxygens (including phenoxy) is 1. The maximum absolute atomic E-state index is 9.10. The monoisotopic (exact) mass is 236 g/mol. The minimum atomic E-state index is -1.41. The van der Waals surface area contributed by atoms with Crippen LogP contribution in [-0.4, -0.2) is 23.8 Å². The van der Waals surface area contributed by atoms with Gasteiger partial charge >= 0.3 is 7.12 Å². The van der Waals surface area contributed by atoms with Crippen molar-refractivity contribution in [1.82, 2.24) is 0 Å². The van der Waals surface area contributed by atoms with E-state index in [1.165, 1.54) is 0 Å². The van der Waals surface area contributed by atoms with E-state index in [0.717, 1.165) is 24.2 Å². The third-order valence-corrected chi connectivity index (χ3v) is 3.16. The Morgan fingerprint density at radius 1 is 1.24 bits per heavy atom. The molecule has 0 bridgehead atoms. The Morgan fingerprint density at radius 3 is 2.35 bits per heavy atom. The van der Waals surface area contributed by atoms with Gasteiger partial charge in [-0.1, -0.05) is 32.8 Å². The standard InChI is InChI=1S/C13H21BO3/c1-4-11(5-2)9-17-12-6-7-13(14(15)16)10(3)8-12/h6-8,11,15-16H,4-5,9H2,1-3H3. The minimum absolute atomic E-state index is 0.528. The molecule has 1 aromatic rings. The zero-order valence-corrected chi connectivity index (χ0v) is 10.8. The molecule has 94 valence electrons. The maximum Gasteiger partial charge on any atom is 0.488 e. The third kappa shape index (κ3) is 4.06. The van der Waals surface area contributed by atoms with Crippen LogP contribution in [0.3, 0.4) is 0 Å². The molecule has 0 aliphatic carbocycles. The number of hydrogen-bond donors (Lipinski definition) is 2. The van der Waals surface area contributed by atoms with Gasteiger partial charge in [0.15, 0.2) is 0 Å². The first-order chi connectivity index (χ1) is 8.08. The Morgan fingerprint density at radius 2 is 1.88 bits per heavy atom. The Balaban J connectivity index is 2.64. The summed E-state index contributed by atoms with van der Waals surface area (Å²) in [6, 6.07) is 5.32. The summed E-state index contributed by atoms with van der Waals surface area (Å²) in [4.78, 5) is 0. The van der Waals surface area contributed by atoms with E-state index in [1.807, 2.05) is 13.0 Å². The zero-order chi connectivity index (χ0) is 12.8. The summed E-state index contributed by atoms with van der Waals surface area (Å²) >= 11 is 0. The summed E-state index contributed by atoms with van der Waals surface area (Å²) in [6.07, 6.45) is 2.23. The highest BCUT2D eigenvalue weighted by Gasteiger charge is 2.14. The Hall–Kier alpha value is -0.995. The van der Waals surface area contributed by atoms with Crippen LogP contribution in [0.25, 0.3) is 0 Å². The van der Waals surface area contributed by atoms with Crippen LogP contribution in [-0.2, 0) is 0 Å². The van der Waals surface area contributed by atoms with Crippen molar-refractivity contribution in [2.24, 2.45) is 5.92 Å². The Kier molecular flexibility index (Phi) is 5.52. The molecule has 3 nitrogen and oxygen atoms in total. The highest BCUT2D eigenvalue weighted by molar-refractivity contribution is 6.59. The van der Waals surface area contributed by atoms with Crippen LogP contribution in [0, 0.1) is 12.8 Å². The molecular formula is C13H21BO3.